The smallest absolute Gasteiger partial charge is 0.308 e. The van der Waals surface area contributed by atoms with E-state index < -0.39 is 5.97 Å². The van der Waals surface area contributed by atoms with Gasteiger partial charge in [-0.2, -0.15) is 0 Å². The molecule has 0 radical (unpaired) electrons. The van der Waals surface area contributed by atoms with Crippen LogP contribution in [0.2, 0.25) is 0 Å². The molecule has 0 spiro atoms. The van der Waals surface area contributed by atoms with Gasteiger partial charge in [0.25, 0.3) is 0 Å². The second kappa shape index (κ2) is 6.62. The van der Waals surface area contributed by atoms with Crippen LogP contribution in [0, 0.1) is 11.8 Å². The number of carbonyl (C=O) groups is 2. The summed E-state index contributed by atoms with van der Waals surface area (Å²) in [5.74, 6) is -0.892. The first-order valence-electron chi connectivity index (χ1n) is 6.61. The number of carboxylic acids is 1. The second-order valence-electron chi connectivity index (χ2n) is 4.86. The van der Waals surface area contributed by atoms with Gasteiger partial charge in [-0.05, 0) is 19.3 Å². The van der Waals surface area contributed by atoms with E-state index in [1.807, 2.05) is 6.92 Å². The van der Waals surface area contributed by atoms with Crippen LogP contribution < -0.4 is 0 Å². The molecule has 0 aliphatic carbocycles. The number of aliphatic carboxylic acids is 1. The Hall–Kier alpha value is -1.06. The summed E-state index contributed by atoms with van der Waals surface area (Å²) in [5, 5.41) is 8.91. The lowest BCUT2D eigenvalue weighted by Gasteiger charge is -2.22. The number of likely N-dealkylation sites (tertiary alicyclic amines) is 1. The molecule has 17 heavy (non-hydrogen) atoms. The SMILES string of the molecule is CCCC[C@@H](CC)C(=O)N1CC[C@@H](C(=O)O)C1. The largest absolute Gasteiger partial charge is 0.481 e. The Balaban J connectivity index is 2.49. The zero-order valence-electron chi connectivity index (χ0n) is 10.8. The summed E-state index contributed by atoms with van der Waals surface area (Å²) < 4.78 is 0. The van der Waals surface area contributed by atoms with Crippen molar-refractivity contribution in [2.24, 2.45) is 11.8 Å². The number of hydrogen-bond donors (Lipinski definition) is 1. The molecule has 2 atom stereocenters. The summed E-state index contributed by atoms with van der Waals surface area (Å²) in [6, 6.07) is 0. The second-order valence-corrected chi connectivity index (χ2v) is 4.86. The average Bonchev–Trinajstić information content (AvgIpc) is 2.79. The maximum Gasteiger partial charge on any atom is 0.308 e. The van der Waals surface area contributed by atoms with Crippen molar-refractivity contribution in [3.05, 3.63) is 0 Å². The van der Waals surface area contributed by atoms with E-state index in [4.69, 9.17) is 5.11 Å². The molecule has 0 unspecified atom stereocenters. The maximum absolute atomic E-state index is 12.2. The Morgan fingerprint density at radius 3 is 2.59 bits per heavy atom. The minimum absolute atomic E-state index is 0.0856. The van der Waals surface area contributed by atoms with Crippen molar-refractivity contribution in [2.45, 2.75) is 46.0 Å². The number of carbonyl (C=O) groups excluding carboxylic acids is 1. The third kappa shape index (κ3) is 3.72. The number of nitrogens with zero attached hydrogens (tertiary/aromatic N) is 1. The molecule has 0 aromatic carbocycles. The fraction of sp³-hybridized carbons (Fsp3) is 0.846. The average molecular weight is 241 g/mol. The standard InChI is InChI=1S/C13H23NO3/c1-3-5-6-10(4-2)12(15)14-8-7-11(9-14)13(16)17/h10-11H,3-9H2,1-2H3,(H,16,17)/t10-,11-/m1/s1. The summed E-state index contributed by atoms with van der Waals surface area (Å²) >= 11 is 0. The predicted octanol–water partition coefficient (Wildman–Crippen LogP) is 2.14. The van der Waals surface area contributed by atoms with E-state index in [2.05, 4.69) is 6.92 Å². The van der Waals surface area contributed by atoms with Crippen molar-refractivity contribution in [1.82, 2.24) is 4.90 Å². The Morgan fingerprint density at radius 1 is 1.41 bits per heavy atom. The molecule has 4 nitrogen and oxygen atoms in total. The molecular formula is C13H23NO3. The highest BCUT2D eigenvalue weighted by Gasteiger charge is 2.33. The van der Waals surface area contributed by atoms with Crippen molar-refractivity contribution in [3.8, 4) is 0 Å². The third-order valence-corrected chi connectivity index (χ3v) is 3.60. The van der Waals surface area contributed by atoms with Crippen molar-refractivity contribution >= 4 is 11.9 Å². The lowest BCUT2D eigenvalue weighted by Crippen LogP contribution is -2.35. The van der Waals surface area contributed by atoms with Crippen LogP contribution in [-0.4, -0.2) is 35.0 Å². The summed E-state index contributed by atoms with van der Waals surface area (Å²) in [7, 11) is 0. The van der Waals surface area contributed by atoms with Gasteiger partial charge in [-0.3, -0.25) is 9.59 Å². The van der Waals surface area contributed by atoms with Gasteiger partial charge < -0.3 is 10.0 Å². The van der Waals surface area contributed by atoms with Crippen molar-refractivity contribution < 1.29 is 14.7 Å². The molecule has 1 saturated heterocycles. The molecule has 0 saturated carbocycles. The maximum atomic E-state index is 12.2. The van der Waals surface area contributed by atoms with Crippen LogP contribution >= 0.6 is 0 Å². The molecule has 0 bridgehead atoms. The topological polar surface area (TPSA) is 57.6 Å². The van der Waals surface area contributed by atoms with Crippen LogP contribution in [0.5, 0.6) is 0 Å². The molecule has 1 aliphatic rings. The normalized spacial score (nSPS) is 21.5. The van der Waals surface area contributed by atoms with Crippen LogP contribution in [0.25, 0.3) is 0 Å². The molecule has 98 valence electrons. The van der Waals surface area contributed by atoms with Gasteiger partial charge in [0.1, 0.15) is 0 Å². The highest BCUT2D eigenvalue weighted by Crippen LogP contribution is 2.22. The van der Waals surface area contributed by atoms with Crippen LogP contribution in [-0.2, 0) is 9.59 Å². The van der Waals surface area contributed by atoms with E-state index in [0.717, 1.165) is 25.7 Å². The van der Waals surface area contributed by atoms with Gasteiger partial charge in [0, 0.05) is 19.0 Å². The minimum atomic E-state index is -0.776. The van der Waals surface area contributed by atoms with Gasteiger partial charge in [0.2, 0.25) is 5.91 Å². The molecule has 1 N–H and O–H groups in total. The van der Waals surface area contributed by atoms with Gasteiger partial charge in [0.05, 0.1) is 5.92 Å². The summed E-state index contributed by atoms with van der Waals surface area (Å²) in [6.45, 7) is 5.16. The number of carboxylic acid groups (broad SMARTS) is 1. The first-order valence-corrected chi connectivity index (χ1v) is 6.61. The zero-order valence-corrected chi connectivity index (χ0v) is 10.8. The highest BCUT2D eigenvalue weighted by atomic mass is 16.4. The molecule has 1 aliphatic heterocycles. The van der Waals surface area contributed by atoms with E-state index in [1.165, 1.54) is 0 Å². The molecule has 1 fully saturated rings. The highest BCUT2D eigenvalue weighted by molar-refractivity contribution is 5.80. The van der Waals surface area contributed by atoms with E-state index in [0.29, 0.717) is 19.5 Å². The van der Waals surface area contributed by atoms with Gasteiger partial charge in [-0.25, -0.2) is 0 Å². The van der Waals surface area contributed by atoms with Crippen LogP contribution in [0.15, 0.2) is 0 Å². The molecule has 1 heterocycles. The van der Waals surface area contributed by atoms with E-state index in [-0.39, 0.29) is 17.7 Å². The summed E-state index contributed by atoms with van der Waals surface area (Å²) in [4.78, 5) is 24.8. The first kappa shape index (κ1) is 14.0. The lowest BCUT2D eigenvalue weighted by molar-refractivity contribution is -0.141. The molecule has 4 heteroatoms. The van der Waals surface area contributed by atoms with Crippen molar-refractivity contribution in [1.29, 1.82) is 0 Å². The van der Waals surface area contributed by atoms with Gasteiger partial charge in [-0.15, -0.1) is 0 Å². The molecule has 0 aromatic heterocycles. The van der Waals surface area contributed by atoms with Crippen LogP contribution in [0.3, 0.4) is 0 Å². The number of unbranched alkanes of at least 4 members (excludes halogenated alkanes) is 1. The number of hydrogen-bond acceptors (Lipinski definition) is 2. The number of rotatable bonds is 6. The molecule has 1 amide bonds. The van der Waals surface area contributed by atoms with Crippen LogP contribution in [0.1, 0.15) is 46.0 Å². The predicted molar refractivity (Wildman–Crippen MR) is 65.6 cm³/mol. The summed E-state index contributed by atoms with van der Waals surface area (Å²) in [5.41, 5.74) is 0. The Bertz CT molecular complexity index is 278. The summed E-state index contributed by atoms with van der Waals surface area (Å²) in [6.07, 6.45) is 4.56. The zero-order chi connectivity index (χ0) is 12.8. The van der Waals surface area contributed by atoms with E-state index in [9.17, 15) is 9.59 Å². The fourth-order valence-corrected chi connectivity index (χ4v) is 2.37. The molecule has 1 rings (SSSR count). The molecule has 0 aromatic rings. The van der Waals surface area contributed by atoms with Gasteiger partial charge >= 0.3 is 5.97 Å². The van der Waals surface area contributed by atoms with Gasteiger partial charge in [-0.1, -0.05) is 26.7 Å². The quantitative estimate of drug-likeness (QED) is 0.775. The molecular weight excluding hydrogens is 218 g/mol. The minimum Gasteiger partial charge on any atom is -0.481 e. The number of amides is 1. The van der Waals surface area contributed by atoms with Crippen molar-refractivity contribution in [2.75, 3.05) is 13.1 Å². The first-order chi connectivity index (χ1) is 8.10. The Kier molecular flexibility index (Phi) is 5.45. The Labute approximate surface area is 103 Å². The van der Waals surface area contributed by atoms with Gasteiger partial charge in [0.15, 0.2) is 0 Å². The van der Waals surface area contributed by atoms with Crippen molar-refractivity contribution in [3.63, 3.8) is 0 Å². The lowest BCUT2D eigenvalue weighted by atomic mass is 9.98. The van der Waals surface area contributed by atoms with E-state index >= 15 is 0 Å². The Morgan fingerprint density at radius 2 is 2.12 bits per heavy atom. The van der Waals surface area contributed by atoms with Crippen LogP contribution in [0.4, 0.5) is 0 Å². The van der Waals surface area contributed by atoms with E-state index in [1.54, 1.807) is 4.90 Å². The third-order valence-electron chi connectivity index (χ3n) is 3.60. The fourth-order valence-electron chi connectivity index (χ4n) is 2.37. The monoisotopic (exact) mass is 241 g/mol.